The van der Waals surface area contributed by atoms with Crippen LogP contribution in [-0.2, 0) is 16.0 Å². The van der Waals surface area contributed by atoms with Crippen molar-refractivity contribution in [2.24, 2.45) is 0 Å². The number of esters is 1. The first kappa shape index (κ1) is 23.3. The fourth-order valence-corrected chi connectivity index (χ4v) is 3.40. The number of ether oxygens (including phenoxy) is 1. The van der Waals surface area contributed by atoms with Crippen LogP contribution in [0.1, 0.15) is 42.3 Å². The van der Waals surface area contributed by atoms with E-state index in [0.29, 0.717) is 22.9 Å². The Bertz CT molecular complexity index is 1110. The van der Waals surface area contributed by atoms with Gasteiger partial charge in [0.25, 0.3) is 5.91 Å². The number of nitrogens with zero attached hydrogens (tertiary/aromatic N) is 1. The van der Waals surface area contributed by atoms with E-state index >= 15 is 0 Å². The monoisotopic (exact) mass is 452 g/mol. The summed E-state index contributed by atoms with van der Waals surface area (Å²) < 4.78 is 10.5. The molecule has 0 spiro atoms. The molecule has 1 N–H and O–H groups in total. The van der Waals surface area contributed by atoms with Gasteiger partial charge in [0.2, 0.25) is 11.7 Å². The smallest absolute Gasteiger partial charge is 0.307 e. The molecule has 0 aliphatic heterocycles. The minimum absolute atomic E-state index is 0.0388. The quantitative estimate of drug-likeness (QED) is 0.444. The highest BCUT2D eigenvalue weighted by molar-refractivity contribution is 6.30. The van der Waals surface area contributed by atoms with Crippen LogP contribution >= 0.6 is 11.6 Å². The predicted molar refractivity (Wildman–Crippen MR) is 124 cm³/mol. The molecular formula is C25H25ClN2O4. The van der Waals surface area contributed by atoms with Gasteiger partial charge in [-0.15, -0.1) is 0 Å². The Morgan fingerprint density at radius 2 is 1.94 bits per heavy atom. The van der Waals surface area contributed by atoms with E-state index in [0.717, 1.165) is 16.7 Å². The lowest BCUT2D eigenvalue weighted by molar-refractivity contribution is -0.143. The molecule has 2 aromatic carbocycles. The van der Waals surface area contributed by atoms with Crippen LogP contribution in [0.5, 0.6) is 0 Å². The van der Waals surface area contributed by atoms with Crippen molar-refractivity contribution in [2.75, 3.05) is 6.61 Å². The number of halogens is 1. The van der Waals surface area contributed by atoms with Gasteiger partial charge in [-0.05, 0) is 49.1 Å². The van der Waals surface area contributed by atoms with Crippen molar-refractivity contribution < 1.29 is 18.7 Å². The number of carbonyl (C=O) groups is 2. The van der Waals surface area contributed by atoms with Crippen molar-refractivity contribution >= 4 is 29.1 Å². The number of aromatic nitrogens is 1. The summed E-state index contributed by atoms with van der Waals surface area (Å²) in [4.78, 5) is 28.8. The van der Waals surface area contributed by atoms with Crippen LogP contribution in [0.25, 0.3) is 16.7 Å². The molecule has 32 heavy (non-hydrogen) atoms. The van der Waals surface area contributed by atoms with E-state index < -0.39 is 11.9 Å². The second-order valence-electron chi connectivity index (χ2n) is 7.40. The maximum absolute atomic E-state index is 12.7. The van der Waals surface area contributed by atoms with Crippen molar-refractivity contribution in [2.45, 2.75) is 32.7 Å². The summed E-state index contributed by atoms with van der Waals surface area (Å²) in [6, 6.07) is 15.0. The third-order valence-electron chi connectivity index (χ3n) is 4.74. The number of hydrogen-bond acceptors (Lipinski definition) is 5. The van der Waals surface area contributed by atoms with Gasteiger partial charge in [0.05, 0.1) is 19.2 Å². The zero-order chi connectivity index (χ0) is 23.1. The Labute approximate surface area is 192 Å². The second-order valence-corrected chi connectivity index (χ2v) is 7.84. The highest BCUT2D eigenvalue weighted by Crippen LogP contribution is 2.23. The molecule has 0 aliphatic rings. The van der Waals surface area contributed by atoms with Gasteiger partial charge in [-0.1, -0.05) is 54.6 Å². The zero-order valence-corrected chi connectivity index (χ0v) is 18.8. The lowest BCUT2D eigenvalue weighted by Gasteiger charge is -2.18. The lowest BCUT2D eigenvalue weighted by Crippen LogP contribution is -2.38. The first-order valence-electron chi connectivity index (χ1n) is 10.3. The van der Waals surface area contributed by atoms with Gasteiger partial charge in [0.1, 0.15) is 0 Å². The standard InChI is InChI=1S/C25H25ClN2O4/c1-4-31-23(29)14-21(28-24(30)22-15-27-25(32-22)16(2)3)12-17-8-10-18(11-9-17)19-6-5-7-20(26)13-19/h5-11,13,15,21H,2,4,12,14H2,1,3H3,(H,28,30). The molecule has 0 radical (unpaired) electrons. The summed E-state index contributed by atoms with van der Waals surface area (Å²) in [6.45, 7) is 7.51. The SMILES string of the molecule is C=C(C)c1ncc(C(=O)NC(CC(=O)OCC)Cc2ccc(-c3cccc(Cl)c3)cc2)o1. The molecule has 1 atom stereocenters. The largest absolute Gasteiger partial charge is 0.466 e. The van der Waals surface area contributed by atoms with Crippen molar-refractivity contribution in [1.29, 1.82) is 0 Å². The highest BCUT2D eigenvalue weighted by Gasteiger charge is 2.21. The first-order chi connectivity index (χ1) is 15.4. The number of rotatable bonds is 9. The van der Waals surface area contributed by atoms with Gasteiger partial charge < -0.3 is 14.5 Å². The average Bonchev–Trinajstić information content (AvgIpc) is 3.25. The molecule has 0 fully saturated rings. The van der Waals surface area contributed by atoms with Gasteiger partial charge in [0, 0.05) is 16.6 Å². The minimum Gasteiger partial charge on any atom is -0.466 e. The maximum Gasteiger partial charge on any atom is 0.307 e. The van der Waals surface area contributed by atoms with E-state index in [2.05, 4.69) is 16.9 Å². The molecule has 1 aromatic heterocycles. The second kappa shape index (κ2) is 10.8. The van der Waals surface area contributed by atoms with E-state index in [9.17, 15) is 9.59 Å². The highest BCUT2D eigenvalue weighted by atomic mass is 35.5. The molecule has 3 aromatic rings. The number of carbonyl (C=O) groups excluding carboxylic acids is 2. The maximum atomic E-state index is 12.7. The number of amides is 1. The van der Waals surface area contributed by atoms with Crippen LogP contribution in [0.2, 0.25) is 5.02 Å². The third-order valence-corrected chi connectivity index (χ3v) is 4.98. The number of benzene rings is 2. The summed E-state index contributed by atoms with van der Waals surface area (Å²) in [6.07, 6.45) is 1.83. The summed E-state index contributed by atoms with van der Waals surface area (Å²) >= 11 is 6.09. The van der Waals surface area contributed by atoms with E-state index in [4.69, 9.17) is 20.8 Å². The van der Waals surface area contributed by atoms with Crippen molar-refractivity contribution in [3.8, 4) is 11.1 Å². The van der Waals surface area contributed by atoms with Crippen molar-refractivity contribution in [3.63, 3.8) is 0 Å². The van der Waals surface area contributed by atoms with Crippen LogP contribution in [-0.4, -0.2) is 29.5 Å². The van der Waals surface area contributed by atoms with Crippen LogP contribution in [0.3, 0.4) is 0 Å². The predicted octanol–water partition coefficient (Wildman–Crippen LogP) is 5.32. The van der Waals surface area contributed by atoms with E-state index in [1.54, 1.807) is 13.8 Å². The van der Waals surface area contributed by atoms with Crippen LogP contribution in [0, 0.1) is 0 Å². The van der Waals surface area contributed by atoms with Crippen LogP contribution < -0.4 is 5.32 Å². The van der Waals surface area contributed by atoms with Crippen molar-refractivity contribution in [3.05, 3.63) is 83.5 Å². The fourth-order valence-electron chi connectivity index (χ4n) is 3.21. The lowest BCUT2D eigenvalue weighted by atomic mass is 9.99. The number of nitrogens with one attached hydrogen (secondary N) is 1. The van der Waals surface area contributed by atoms with E-state index in [-0.39, 0.29) is 24.8 Å². The van der Waals surface area contributed by atoms with Gasteiger partial charge in [-0.25, -0.2) is 4.98 Å². The number of oxazole rings is 1. The number of hydrogen-bond donors (Lipinski definition) is 1. The molecule has 3 rings (SSSR count). The molecule has 6 nitrogen and oxygen atoms in total. The average molecular weight is 453 g/mol. The number of allylic oxidation sites excluding steroid dienone is 1. The molecule has 1 unspecified atom stereocenters. The summed E-state index contributed by atoms with van der Waals surface area (Å²) in [5.74, 6) is -0.467. The third kappa shape index (κ3) is 6.31. The Hall–Kier alpha value is -3.38. The minimum atomic E-state index is -0.475. The topological polar surface area (TPSA) is 81.4 Å². The molecule has 0 saturated carbocycles. The van der Waals surface area contributed by atoms with Gasteiger partial charge in [0.15, 0.2) is 0 Å². The molecule has 7 heteroatoms. The molecule has 0 aliphatic carbocycles. The molecule has 166 valence electrons. The Kier molecular flexibility index (Phi) is 7.84. The molecule has 1 heterocycles. The normalized spacial score (nSPS) is 11.6. The van der Waals surface area contributed by atoms with Crippen molar-refractivity contribution in [1.82, 2.24) is 10.3 Å². The van der Waals surface area contributed by atoms with E-state index in [1.165, 1.54) is 6.20 Å². The van der Waals surface area contributed by atoms with Gasteiger partial charge >= 0.3 is 5.97 Å². The molecular weight excluding hydrogens is 428 g/mol. The molecule has 1 amide bonds. The Morgan fingerprint density at radius 3 is 2.56 bits per heavy atom. The van der Waals surface area contributed by atoms with Gasteiger partial charge in [-0.2, -0.15) is 0 Å². The molecule has 0 saturated heterocycles. The first-order valence-corrected chi connectivity index (χ1v) is 10.7. The summed E-state index contributed by atoms with van der Waals surface area (Å²) in [5.41, 5.74) is 3.62. The molecule has 0 bridgehead atoms. The summed E-state index contributed by atoms with van der Waals surface area (Å²) in [7, 11) is 0. The van der Waals surface area contributed by atoms with E-state index in [1.807, 2.05) is 48.5 Å². The summed E-state index contributed by atoms with van der Waals surface area (Å²) in [5, 5.41) is 3.53. The van der Waals surface area contributed by atoms with Crippen LogP contribution in [0.4, 0.5) is 0 Å². The Balaban J connectivity index is 1.73. The zero-order valence-electron chi connectivity index (χ0n) is 18.1. The van der Waals surface area contributed by atoms with Crippen LogP contribution in [0.15, 0.2) is 65.7 Å². The van der Waals surface area contributed by atoms with Gasteiger partial charge in [-0.3, -0.25) is 9.59 Å². The Morgan fingerprint density at radius 1 is 1.19 bits per heavy atom. The fraction of sp³-hybridized carbons (Fsp3) is 0.240.